The van der Waals surface area contributed by atoms with E-state index in [2.05, 4.69) is 10.2 Å². The van der Waals surface area contributed by atoms with Crippen molar-refractivity contribution in [2.45, 2.75) is 39.3 Å². The maximum absolute atomic E-state index is 13.4. The fraction of sp³-hybridized carbons (Fsp3) is 0.654. The Morgan fingerprint density at radius 3 is 2.56 bits per heavy atom. The van der Waals surface area contributed by atoms with Gasteiger partial charge in [0.05, 0.1) is 37.5 Å². The Hall–Kier alpha value is -2.69. The number of hydrogen-bond donors (Lipinski definition) is 1. The largest absolute Gasteiger partial charge is 0.491 e. The molecule has 1 N–H and O–H groups in total. The number of methoxy groups -OCH3 is 1. The number of carbonyl (C=O) groups is 3. The lowest BCUT2D eigenvalue weighted by Crippen LogP contribution is -2.52. The molecule has 10 nitrogen and oxygen atoms in total. The zero-order valence-corrected chi connectivity index (χ0v) is 22.1. The standard InChI is InChI=1S/C26H40N4O6/c1-6-24(31)27-20-7-8-22-21(13-20)26(33)28(4)15-23(34-5)18(2)14-30(19(3)17-36-22)25(32)16-29-9-11-35-12-10-29/h7-8,13,18-19,23H,6,9-12,14-17H2,1-5H3,(H,27,31)/t18-,19+,23+/m0/s1. The fourth-order valence-corrected chi connectivity index (χ4v) is 4.49. The number of nitrogens with one attached hydrogen (secondary N) is 1. The molecule has 2 aliphatic heterocycles. The first kappa shape index (κ1) is 27.9. The molecular formula is C26H40N4O6. The van der Waals surface area contributed by atoms with E-state index < -0.39 is 0 Å². The number of nitrogens with zero attached hydrogens (tertiary/aromatic N) is 3. The third-order valence-corrected chi connectivity index (χ3v) is 6.83. The highest BCUT2D eigenvalue weighted by Gasteiger charge is 2.31. The highest BCUT2D eigenvalue weighted by Crippen LogP contribution is 2.26. The van der Waals surface area contributed by atoms with E-state index in [1.165, 1.54) is 0 Å². The van der Waals surface area contributed by atoms with Crippen molar-refractivity contribution in [1.29, 1.82) is 0 Å². The third-order valence-electron chi connectivity index (χ3n) is 6.83. The second-order valence-electron chi connectivity index (χ2n) is 9.64. The van der Waals surface area contributed by atoms with Crippen LogP contribution in [0.2, 0.25) is 0 Å². The minimum absolute atomic E-state index is 0.0181. The van der Waals surface area contributed by atoms with Gasteiger partial charge in [-0.1, -0.05) is 13.8 Å². The summed E-state index contributed by atoms with van der Waals surface area (Å²) in [6.45, 7) is 9.88. The van der Waals surface area contributed by atoms with Crippen LogP contribution in [-0.2, 0) is 19.1 Å². The van der Waals surface area contributed by atoms with E-state index in [0.29, 0.717) is 56.3 Å². The lowest BCUT2D eigenvalue weighted by molar-refractivity contribution is -0.137. The van der Waals surface area contributed by atoms with Crippen LogP contribution < -0.4 is 10.1 Å². The second kappa shape index (κ2) is 13.0. The van der Waals surface area contributed by atoms with Crippen molar-refractivity contribution in [3.63, 3.8) is 0 Å². The highest BCUT2D eigenvalue weighted by molar-refractivity contribution is 5.99. The fourth-order valence-electron chi connectivity index (χ4n) is 4.49. The van der Waals surface area contributed by atoms with Crippen molar-refractivity contribution in [2.24, 2.45) is 5.92 Å². The molecule has 0 unspecified atom stereocenters. The molecule has 3 amide bonds. The summed E-state index contributed by atoms with van der Waals surface area (Å²) in [6.07, 6.45) is 0.0670. The smallest absolute Gasteiger partial charge is 0.257 e. The van der Waals surface area contributed by atoms with Gasteiger partial charge < -0.3 is 29.3 Å². The number of rotatable bonds is 5. The molecule has 1 saturated heterocycles. The first-order chi connectivity index (χ1) is 17.2. The highest BCUT2D eigenvalue weighted by atomic mass is 16.5. The van der Waals surface area contributed by atoms with Gasteiger partial charge in [0.1, 0.15) is 12.4 Å². The maximum Gasteiger partial charge on any atom is 0.257 e. The van der Waals surface area contributed by atoms with Gasteiger partial charge in [-0.25, -0.2) is 0 Å². The van der Waals surface area contributed by atoms with Crippen LogP contribution in [0, 0.1) is 5.92 Å². The molecule has 0 bridgehead atoms. The molecule has 2 aliphatic rings. The van der Waals surface area contributed by atoms with Gasteiger partial charge in [-0.15, -0.1) is 0 Å². The number of carbonyl (C=O) groups excluding carboxylic acids is 3. The average Bonchev–Trinajstić information content (AvgIpc) is 2.88. The Bertz CT molecular complexity index is 920. The van der Waals surface area contributed by atoms with Crippen molar-refractivity contribution in [1.82, 2.24) is 14.7 Å². The van der Waals surface area contributed by atoms with E-state index in [9.17, 15) is 14.4 Å². The topological polar surface area (TPSA) is 101 Å². The van der Waals surface area contributed by atoms with Gasteiger partial charge in [0, 0.05) is 58.4 Å². The molecule has 0 aromatic heterocycles. The predicted octanol–water partition coefficient (Wildman–Crippen LogP) is 1.70. The van der Waals surface area contributed by atoms with Crippen LogP contribution in [0.4, 0.5) is 5.69 Å². The van der Waals surface area contributed by atoms with Gasteiger partial charge in [-0.2, -0.15) is 0 Å². The molecule has 1 fully saturated rings. The number of fused-ring (bicyclic) bond motifs is 1. The van der Waals surface area contributed by atoms with Crippen LogP contribution in [0.15, 0.2) is 18.2 Å². The molecule has 0 radical (unpaired) electrons. The van der Waals surface area contributed by atoms with E-state index in [4.69, 9.17) is 14.2 Å². The van der Waals surface area contributed by atoms with Crippen LogP contribution in [0.3, 0.4) is 0 Å². The molecular weight excluding hydrogens is 464 g/mol. The zero-order valence-electron chi connectivity index (χ0n) is 22.1. The van der Waals surface area contributed by atoms with Crippen molar-refractivity contribution in [3.05, 3.63) is 23.8 Å². The molecule has 3 rings (SSSR count). The first-order valence-electron chi connectivity index (χ1n) is 12.7. The molecule has 0 spiro atoms. The molecule has 1 aromatic carbocycles. The Morgan fingerprint density at radius 2 is 1.89 bits per heavy atom. The quantitative estimate of drug-likeness (QED) is 0.651. The lowest BCUT2D eigenvalue weighted by Gasteiger charge is -2.37. The Balaban J connectivity index is 1.89. The summed E-state index contributed by atoms with van der Waals surface area (Å²) >= 11 is 0. The van der Waals surface area contributed by atoms with Gasteiger partial charge in [-0.05, 0) is 25.1 Å². The number of benzene rings is 1. The summed E-state index contributed by atoms with van der Waals surface area (Å²) in [5, 5.41) is 2.80. The van der Waals surface area contributed by atoms with Crippen molar-refractivity contribution in [3.8, 4) is 5.75 Å². The SMILES string of the molecule is CCC(=O)Nc1ccc2c(c1)C(=O)N(C)C[C@@H](OC)[C@@H](C)CN(C(=O)CN1CCOCC1)[C@H](C)CO2. The minimum atomic E-state index is -0.267. The maximum atomic E-state index is 13.4. The minimum Gasteiger partial charge on any atom is -0.491 e. The Kier molecular flexibility index (Phi) is 10.1. The Labute approximate surface area is 213 Å². The summed E-state index contributed by atoms with van der Waals surface area (Å²) in [5.41, 5.74) is 0.887. The van der Waals surface area contributed by atoms with E-state index in [1.54, 1.807) is 44.2 Å². The van der Waals surface area contributed by atoms with Gasteiger partial charge in [-0.3, -0.25) is 19.3 Å². The number of anilines is 1. The second-order valence-corrected chi connectivity index (χ2v) is 9.64. The van der Waals surface area contributed by atoms with Crippen molar-refractivity contribution < 1.29 is 28.6 Å². The monoisotopic (exact) mass is 504 g/mol. The van der Waals surface area contributed by atoms with Gasteiger partial charge in [0.25, 0.3) is 5.91 Å². The van der Waals surface area contributed by atoms with Crippen LogP contribution in [0.25, 0.3) is 0 Å². The van der Waals surface area contributed by atoms with E-state index in [1.807, 2.05) is 18.7 Å². The number of hydrogen-bond acceptors (Lipinski definition) is 7. The summed E-state index contributed by atoms with van der Waals surface area (Å²) in [7, 11) is 3.35. The Morgan fingerprint density at radius 1 is 1.17 bits per heavy atom. The summed E-state index contributed by atoms with van der Waals surface area (Å²) in [5.74, 6) is 0.0716. The van der Waals surface area contributed by atoms with Crippen molar-refractivity contribution >= 4 is 23.4 Å². The normalized spacial score (nSPS) is 24.2. The third kappa shape index (κ3) is 7.18. The van der Waals surface area contributed by atoms with E-state index >= 15 is 0 Å². The van der Waals surface area contributed by atoms with Gasteiger partial charge >= 0.3 is 0 Å². The molecule has 1 aromatic rings. The summed E-state index contributed by atoms with van der Waals surface area (Å²) in [6, 6.07) is 4.84. The molecule has 3 atom stereocenters. The van der Waals surface area contributed by atoms with Gasteiger partial charge in [0.15, 0.2) is 0 Å². The van der Waals surface area contributed by atoms with Crippen LogP contribution in [0.1, 0.15) is 37.6 Å². The van der Waals surface area contributed by atoms with E-state index in [0.717, 1.165) is 13.1 Å². The number of amides is 3. The molecule has 10 heteroatoms. The number of morpholine rings is 1. The first-order valence-corrected chi connectivity index (χ1v) is 12.7. The molecule has 0 aliphatic carbocycles. The van der Waals surface area contributed by atoms with Crippen LogP contribution >= 0.6 is 0 Å². The number of likely N-dealkylation sites (N-methyl/N-ethyl adjacent to an activating group) is 1. The lowest BCUT2D eigenvalue weighted by atomic mass is 10.0. The molecule has 2 heterocycles. The molecule has 36 heavy (non-hydrogen) atoms. The molecule has 0 saturated carbocycles. The van der Waals surface area contributed by atoms with Gasteiger partial charge in [0.2, 0.25) is 11.8 Å². The summed E-state index contributed by atoms with van der Waals surface area (Å²) < 4.78 is 17.3. The predicted molar refractivity (Wildman–Crippen MR) is 136 cm³/mol. The number of ether oxygens (including phenoxy) is 3. The van der Waals surface area contributed by atoms with Crippen molar-refractivity contribution in [2.75, 3.05) is 72.0 Å². The molecule has 200 valence electrons. The zero-order chi connectivity index (χ0) is 26.2. The van der Waals surface area contributed by atoms with Crippen LogP contribution in [-0.4, -0.2) is 111 Å². The summed E-state index contributed by atoms with van der Waals surface area (Å²) in [4.78, 5) is 44.3. The van der Waals surface area contributed by atoms with Crippen LogP contribution in [0.5, 0.6) is 5.75 Å². The van der Waals surface area contributed by atoms with E-state index in [-0.39, 0.29) is 42.4 Å². The average molecular weight is 505 g/mol.